The quantitative estimate of drug-likeness (QED) is 0.505. The van der Waals surface area contributed by atoms with E-state index in [-0.39, 0.29) is 43.9 Å². The highest BCUT2D eigenvalue weighted by Gasteiger charge is 2.42. The topological polar surface area (TPSA) is 69.9 Å². The van der Waals surface area contributed by atoms with Crippen LogP contribution < -0.4 is 0 Å². The Morgan fingerprint density at radius 3 is 3.00 bits per heavy atom. The summed E-state index contributed by atoms with van der Waals surface area (Å²) in [6.07, 6.45) is -0.420. The summed E-state index contributed by atoms with van der Waals surface area (Å²) in [5, 5.41) is 8.50. The van der Waals surface area contributed by atoms with Crippen molar-refractivity contribution in [1.82, 2.24) is 0 Å². The number of methoxy groups -OCH3 is 1. The summed E-state index contributed by atoms with van der Waals surface area (Å²) in [6.45, 7) is 4.29. The Hall–Kier alpha value is -0.280. The number of hydrogen-bond donors (Lipinski definition) is 0. The van der Waals surface area contributed by atoms with Gasteiger partial charge in [-0.15, -0.1) is 0 Å². The first-order valence-corrected chi connectivity index (χ1v) is 7.21. The van der Waals surface area contributed by atoms with E-state index >= 15 is 0 Å². The highest BCUT2D eigenvalue weighted by atomic mass is 31.2. The van der Waals surface area contributed by atoms with E-state index in [0.717, 1.165) is 0 Å². The van der Waals surface area contributed by atoms with Crippen LogP contribution in [-0.2, 0) is 23.0 Å². The molecule has 0 N–H and O–H groups in total. The fourth-order valence-corrected chi connectivity index (χ4v) is 2.89. The van der Waals surface area contributed by atoms with Gasteiger partial charge in [-0.1, -0.05) is 6.92 Å². The summed E-state index contributed by atoms with van der Waals surface area (Å²) >= 11 is 0. The first kappa shape index (κ1) is 13.7. The largest absolute Gasteiger partial charge is 0.382 e. The molecule has 19 heavy (non-hydrogen) atoms. The summed E-state index contributed by atoms with van der Waals surface area (Å²) in [5.41, 5.74) is 0. The highest BCUT2D eigenvalue weighted by molar-refractivity contribution is 7.41. The van der Waals surface area contributed by atoms with Gasteiger partial charge in [0.05, 0.1) is 34.5 Å². The molecule has 0 aromatic heterocycles. The van der Waals surface area contributed by atoms with Crippen LogP contribution in [0.3, 0.4) is 0 Å². The molecule has 1 heterocycles. The molecule has 0 aliphatic carbocycles. The molecule has 0 bridgehead atoms. The zero-order valence-corrected chi connectivity index (χ0v) is 12.3. The van der Waals surface area contributed by atoms with Gasteiger partial charge in [0.25, 0.3) is 0 Å². The Morgan fingerprint density at radius 2 is 2.37 bits per heavy atom. The van der Waals surface area contributed by atoms with E-state index in [1.807, 2.05) is 19.9 Å². The number of nitriles is 1. The van der Waals surface area contributed by atoms with Crippen molar-refractivity contribution in [2.45, 2.75) is 38.6 Å². The van der Waals surface area contributed by atoms with Crippen LogP contribution in [0, 0.1) is 17.2 Å². The highest BCUT2D eigenvalue weighted by Crippen LogP contribution is 2.44. The Morgan fingerprint density at radius 1 is 1.58 bits per heavy atom. The maximum absolute atomic E-state index is 8.50. The van der Waals surface area contributed by atoms with Gasteiger partial charge < -0.3 is 23.0 Å². The Labute approximate surface area is 118 Å². The van der Waals surface area contributed by atoms with Crippen molar-refractivity contribution in [3.8, 4) is 6.07 Å². The molecule has 6 atom stereocenters. The Bertz CT molecular complexity index is 344. The summed E-state index contributed by atoms with van der Waals surface area (Å²) in [5.74, 6) is 0.105. The molecular formula is C12H22NO5P. The maximum Gasteiger partial charge on any atom is 0.332 e. The minimum absolute atomic E-state index is 0.0219. The Kier molecular flexibility index (Phi) is 6.34. The molecule has 0 radical (unpaired) electrons. The molecule has 1 aliphatic heterocycles. The molecule has 0 aromatic rings. The summed E-state index contributed by atoms with van der Waals surface area (Å²) in [7, 11) is -1.43. The molecule has 0 saturated carbocycles. The Balaban J connectivity index is 2.55. The normalized spacial score (nSPS) is 35.3. The molecule has 7 heteroatoms. The van der Waals surface area contributed by atoms with Gasteiger partial charge in [0, 0.05) is 20.1 Å². The van der Waals surface area contributed by atoms with Gasteiger partial charge in [-0.2, -0.15) is 5.26 Å². The third-order valence-corrected chi connectivity index (χ3v) is 4.15. The fourth-order valence-electron chi connectivity index (χ4n) is 1.87. The third-order valence-electron chi connectivity index (χ3n) is 3.04. The smallest absolute Gasteiger partial charge is 0.332 e. The SMILES string of the molecule is [2H]C([3H])OC[C@H]1O[C@@H](C)C(C)[C@H]1OP(OC)OCCC#N. The van der Waals surface area contributed by atoms with E-state index in [9.17, 15) is 0 Å². The van der Waals surface area contributed by atoms with Crippen LogP contribution in [0.4, 0.5) is 0 Å². The van der Waals surface area contributed by atoms with Gasteiger partial charge in [0.15, 0.2) is 0 Å². The van der Waals surface area contributed by atoms with Crippen LogP contribution in [0.15, 0.2) is 0 Å². The summed E-state index contributed by atoms with van der Waals surface area (Å²) in [4.78, 5) is 0. The van der Waals surface area contributed by atoms with Crippen molar-refractivity contribution in [2.75, 3.05) is 27.4 Å². The number of hydrogen-bond acceptors (Lipinski definition) is 6. The molecule has 1 saturated heterocycles. The lowest BCUT2D eigenvalue weighted by atomic mass is 10.00. The number of rotatable bonds is 8. The molecule has 1 aliphatic rings. The first-order valence-electron chi connectivity index (χ1n) is 7.27. The average Bonchev–Trinajstić information content (AvgIpc) is 2.71. The number of ether oxygens (including phenoxy) is 2. The van der Waals surface area contributed by atoms with Gasteiger partial charge >= 0.3 is 8.60 Å². The predicted octanol–water partition coefficient (Wildman–Crippen LogP) is 2.24. The lowest BCUT2D eigenvalue weighted by molar-refractivity contribution is -0.0269. The van der Waals surface area contributed by atoms with Crippen LogP contribution >= 0.6 is 8.60 Å². The minimum Gasteiger partial charge on any atom is -0.382 e. The van der Waals surface area contributed by atoms with Crippen LogP contribution in [0.5, 0.6) is 0 Å². The fraction of sp³-hybridized carbons (Fsp3) is 0.917. The van der Waals surface area contributed by atoms with Crippen molar-refractivity contribution >= 4 is 8.60 Å². The molecular weight excluding hydrogens is 269 g/mol. The molecule has 0 aromatic carbocycles. The third kappa shape index (κ3) is 4.96. The second-order valence-corrected chi connectivity index (χ2v) is 5.57. The van der Waals surface area contributed by atoms with E-state index in [4.69, 9.17) is 31.0 Å². The van der Waals surface area contributed by atoms with Gasteiger partial charge in [0.1, 0.15) is 12.2 Å². The van der Waals surface area contributed by atoms with Gasteiger partial charge in [-0.05, 0) is 6.92 Å². The van der Waals surface area contributed by atoms with Crippen molar-refractivity contribution < 1.29 is 25.8 Å². The molecule has 110 valence electrons. The van der Waals surface area contributed by atoms with E-state index in [0.29, 0.717) is 0 Å². The molecule has 0 spiro atoms. The van der Waals surface area contributed by atoms with Crippen LogP contribution in [-0.4, -0.2) is 45.7 Å². The standard InChI is InChI=1S/C12H22NO5P/c1-9-10(2)17-11(8-14-3)12(9)18-19(15-4)16-7-5-6-13/h9-12H,5,7-8H2,1-4H3/t9?,10-,11+,12+,19?/m0/s1/i3TD/t3?,9?,10-,11+,12+,19?. The maximum atomic E-state index is 8.50. The second kappa shape index (κ2) is 8.80. The average molecular weight is 294 g/mol. The monoisotopic (exact) mass is 294 g/mol. The van der Waals surface area contributed by atoms with Crippen LogP contribution in [0.2, 0.25) is 0 Å². The molecule has 0 amide bonds. The zero-order chi connectivity index (χ0) is 15.8. The molecule has 3 unspecified atom stereocenters. The van der Waals surface area contributed by atoms with E-state index in [1.165, 1.54) is 7.11 Å². The van der Waals surface area contributed by atoms with E-state index in [1.54, 1.807) is 0 Å². The second-order valence-electron chi connectivity index (χ2n) is 4.29. The zero-order valence-electron chi connectivity index (χ0n) is 13.4. The molecule has 1 rings (SSSR count). The van der Waals surface area contributed by atoms with Crippen LogP contribution in [0.1, 0.15) is 23.0 Å². The lowest BCUT2D eigenvalue weighted by Gasteiger charge is -2.24. The minimum atomic E-state index is -1.56. The summed E-state index contributed by atoms with van der Waals surface area (Å²) < 4.78 is 41.2. The van der Waals surface area contributed by atoms with Gasteiger partial charge in [0.2, 0.25) is 0 Å². The number of nitrogens with zero attached hydrogens (tertiary/aromatic N) is 1. The van der Waals surface area contributed by atoms with E-state index < -0.39 is 15.7 Å². The van der Waals surface area contributed by atoms with Crippen molar-refractivity contribution in [3.05, 3.63) is 0 Å². The van der Waals surface area contributed by atoms with Gasteiger partial charge in [-0.3, -0.25) is 0 Å². The van der Waals surface area contributed by atoms with Crippen molar-refractivity contribution in [1.29, 1.82) is 5.26 Å². The molecule has 6 nitrogen and oxygen atoms in total. The predicted molar refractivity (Wildman–Crippen MR) is 70.4 cm³/mol. The molecule has 1 fully saturated rings. The van der Waals surface area contributed by atoms with Crippen molar-refractivity contribution in [2.24, 2.45) is 5.92 Å². The van der Waals surface area contributed by atoms with E-state index in [2.05, 4.69) is 0 Å². The summed E-state index contributed by atoms with van der Waals surface area (Å²) in [6, 6.07) is 1.99. The first-order chi connectivity index (χ1) is 9.99. The van der Waals surface area contributed by atoms with Gasteiger partial charge in [-0.25, -0.2) is 0 Å². The van der Waals surface area contributed by atoms with Crippen molar-refractivity contribution in [3.63, 3.8) is 0 Å². The lowest BCUT2D eigenvalue weighted by Crippen LogP contribution is -2.31. The van der Waals surface area contributed by atoms with Crippen LogP contribution in [0.25, 0.3) is 0 Å².